The standard InChI is InChI=1S/C12H26N4/c1-15-8-4-11(5-9-15)14-12-10-16(2)7-3-6-13-12/h11-14H,3-10H2,1-2H3. The molecular formula is C12H26N4. The van der Waals surface area contributed by atoms with Crippen LogP contribution in [0.5, 0.6) is 0 Å². The molecule has 2 N–H and O–H groups in total. The second-order valence-corrected chi connectivity index (χ2v) is 5.37. The smallest absolute Gasteiger partial charge is 0.0705 e. The predicted octanol–water partition coefficient (Wildman–Crippen LogP) is -0.0786. The van der Waals surface area contributed by atoms with Crippen LogP contribution in [0.1, 0.15) is 19.3 Å². The number of nitrogens with one attached hydrogen (secondary N) is 2. The summed E-state index contributed by atoms with van der Waals surface area (Å²) in [5, 5.41) is 7.37. The van der Waals surface area contributed by atoms with Gasteiger partial charge in [0, 0.05) is 12.6 Å². The minimum Gasteiger partial charge on any atom is -0.306 e. The Balaban J connectivity index is 1.75. The number of piperidine rings is 1. The van der Waals surface area contributed by atoms with Crippen molar-refractivity contribution in [1.82, 2.24) is 20.4 Å². The predicted molar refractivity (Wildman–Crippen MR) is 67.6 cm³/mol. The highest BCUT2D eigenvalue weighted by Gasteiger charge is 2.21. The van der Waals surface area contributed by atoms with Crippen LogP contribution in [0.4, 0.5) is 0 Å². The molecule has 2 rings (SSSR count). The molecule has 0 saturated carbocycles. The Hall–Kier alpha value is -0.160. The SMILES string of the molecule is CN1CCC(NC2CN(C)CCCN2)CC1. The van der Waals surface area contributed by atoms with Gasteiger partial charge in [0.25, 0.3) is 0 Å². The van der Waals surface area contributed by atoms with Crippen LogP contribution in [0.3, 0.4) is 0 Å². The molecule has 1 atom stereocenters. The van der Waals surface area contributed by atoms with Crippen molar-refractivity contribution in [3.63, 3.8) is 0 Å². The normalized spacial score (nSPS) is 31.5. The van der Waals surface area contributed by atoms with Gasteiger partial charge in [-0.3, -0.25) is 5.32 Å². The summed E-state index contributed by atoms with van der Waals surface area (Å²) in [6, 6.07) is 0.709. The Morgan fingerprint density at radius 1 is 1.06 bits per heavy atom. The van der Waals surface area contributed by atoms with Crippen LogP contribution in [0.2, 0.25) is 0 Å². The molecule has 0 aromatic heterocycles. The van der Waals surface area contributed by atoms with Gasteiger partial charge in [-0.2, -0.15) is 0 Å². The molecule has 16 heavy (non-hydrogen) atoms. The largest absolute Gasteiger partial charge is 0.306 e. The maximum absolute atomic E-state index is 3.77. The molecule has 2 aliphatic rings. The first-order chi connectivity index (χ1) is 7.74. The van der Waals surface area contributed by atoms with E-state index >= 15 is 0 Å². The Labute approximate surface area is 99.4 Å². The summed E-state index contributed by atoms with van der Waals surface area (Å²) in [7, 11) is 4.43. The highest BCUT2D eigenvalue weighted by atomic mass is 15.2. The quantitative estimate of drug-likeness (QED) is 0.690. The topological polar surface area (TPSA) is 30.5 Å². The number of hydrogen-bond donors (Lipinski definition) is 2. The maximum atomic E-state index is 3.77. The molecule has 0 bridgehead atoms. The summed E-state index contributed by atoms with van der Waals surface area (Å²) in [6.45, 7) is 5.97. The number of likely N-dealkylation sites (N-methyl/N-ethyl adjacent to an activating group) is 1. The fraction of sp³-hybridized carbons (Fsp3) is 1.00. The lowest BCUT2D eigenvalue weighted by Crippen LogP contribution is -2.53. The van der Waals surface area contributed by atoms with Gasteiger partial charge in [0.1, 0.15) is 0 Å². The van der Waals surface area contributed by atoms with Crippen molar-refractivity contribution in [3.05, 3.63) is 0 Å². The molecule has 0 aliphatic carbocycles. The van der Waals surface area contributed by atoms with Crippen molar-refractivity contribution < 1.29 is 0 Å². The van der Waals surface area contributed by atoms with Crippen molar-refractivity contribution in [3.8, 4) is 0 Å². The molecule has 2 aliphatic heterocycles. The van der Waals surface area contributed by atoms with Crippen molar-refractivity contribution in [2.75, 3.05) is 46.8 Å². The molecule has 0 aromatic rings. The van der Waals surface area contributed by atoms with Crippen LogP contribution in [-0.4, -0.2) is 68.8 Å². The average molecular weight is 226 g/mol. The van der Waals surface area contributed by atoms with E-state index in [0.717, 1.165) is 13.1 Å². The number of nitrogens with zero attached hydrogens (tertiary/aromatic N) is 2. The van der Waals surface area contributed by atoms with Crippen LogP contribution in [0.15, 0.2) is 0 Å². The average Bonchev–Trinajstić information content (AvgIpc) is 2.46. The summed E-state index contributed by atoms with van der Waals surface area (Å²) < 4.78 is 0. The molecular weight excluding hydrogens is 200 g/mol. The van der Waals surface area contributed by atoms with E-state index < -0.39 is 0 Å². The molecule has 0 amide bonds. The molecule has 4 nitrogen and oxygen atoms in total. The van der Waals surface area contributed by atoms with Crippen molar-refractivity contribution in [2.45, 2.75) is 31.5 Å². The summed E-state index contributed by atoms with van der Waals surface area (Å²) in [4.78, 5) is 4.84. The van der Waals surface area contributed by atoms with E-state index in [0.29, 0.717) is 12.2 Å². The summed E-state index contributed by atoms with van der Waals surface area (Å²) >= 11 is 0. The number of hydrogen-bond acceptors (Lipinski definition) is 4. The van der Waals surface area contributed by atoms with E-state index in [1.807, 2.05) is 0 Å². The third-order valence-corrected chi connectivity index (χ3v) is 3.76. The summed E-state index contributed by atoms with van der Waals surface area (Å²) in [5.74, 6) is 0. The van der Waals surface area contributed by atoms with E-state index in [1.54, 1.807) is 0 Å². The first-order valence-corrected chi connectivity index (χ1v) is 6.60. The van der Waals surface area contributed by atoms with Crippen LogP contribution in [0.25, 0.3) is 0 Å². The zero-order valence-corrected chi connectivity index (χ0v) is 10.7. The molecule has 0 spiro atoms. The molecule has 2 fully saturated rings. The first kappa shape index (κ1) is 12.3. The zero-order valence-electron chi connectivity index (χ0n) is 10.7. The molecule has 4 heteroatoms. The van der Waals surface area contributed by atoms with Gasteiger partial charge in [-0.1, -0.05) is 0 Å². The van der Waals surface area contributed by atoms with Gasteiger partial charge >= 0.3 is 0 Å². The van der Waals surface area contributed by atoms with Crippen LogP contribution >= 0.6 is 0 Å². The minimum absolute atomic E-state index is 0.487. The lowest BCUT2D eigenvalue weighted by Gasteiger charge is -2.33. The molecule has 0 radical (unpaired) electrons. The third-order valence-electron chi connectivity index (χ3n) is 3.76. The fourth-order valence-corrected chi connectivity index (χ4v) is 2.66. The molecule has 2 saturated heterocycles. The third kappa shape index (κ3) is 3.70. The van der Waals surface area contributed by atoms with Gasteiger partial charge in [0.15, 0.2) is 0 Å². The van der Waals surface area contributed by atoms with Crippen molar-refractivity contribution >= 4 is 0 Å². The van der Waals surface area contributed by atoms with E-state index in [1.165, 1.54) is 38.9 Å². The first-order valence-electron chi connectivity index (χ1n) is 6.60. The summed E-state index contributed by atoms with van der Waals surface area (Å²) in [6.07, 6.45) is 4.33. The Kier molecular flexibility index (Phi) is 4.58. The van der Waals surface area contributed by atoms with E-state index in [4.69, 9.17) is 0 Å². The van der Waals surface area contributed by atoms with Gasteiger partial charge < -0.3 is 15.1 Å². The van der Waals surface area contributed by atoms with Gasteiger partial charge in [-0.25, -0.2) is 0 Å². The monoisotopic (exact) mass is 226 g/mol. The van der Waals surface area contributed by atoms with Crippen molar-refractivity contribution in [1.29, 1.82) is 0 Å². The second kappa shape index (κ2) is 5.96. The molecule has 0 aromatic carbocycles. The van der Waals surface area contributed by atoms with Crippen LogP contribution in [0, 0.1) is 0 Å². The lowest BCUT2D eigenvalue weighted by atomic mass is 10.1. The Bertz CT molecular complexity index is 201. The molecule has 94 valence electrons. The highest BCUT2D eigenvalue weighted by Crippen LogP contribution is 2.09. The van der Waals surface area contributed by atoms with E-state index in [-0.39, 0.29) is 0 Å². The lowest BCUT2D eigenvalue weighted by molar-refractivity contribution is 0.205. The maximum Gasteiger partial charge on any atom is 0.0705 e. The number of rotatable bonds is 2. The van der Waals surface area contributed by atoms with Gasteiger partial charge in [-0.15, -0.1) is 0 Å². The van der Waals surface area contributed by atoms with Gasteiger partial charge in [-0.05, 0) is 59.5 Å². The molecule has 2 heterocycles. The van der Waals surface area contributed by atoms with E-state index in [2.05, 4.69) is 34.5 Å². The van der Waals surface area contributed by atoms with E-state index in [9.17, 15) is 0 Å². The number of likely N-dealkylation sites (tertiary alicyclic amines) is 1. The van der Waals surface area contributed by atoms with Gasteiger partial charge in [0.2, 0.25) is 0 Å². The van der Waals surface area contributed by atoms with Gasteiger partial charge in [0.05, 0.1) is 6.17 Å². The van der Waals surface area contributed by atoms with Crippen LogP contribution in [-0.2, 0) is 0 Å². The van der Waals surface area contributed by atoms with Crippen molar-refractivity contribution in [2.24, 2.45) is 0 Å². The Morgan fingerprint density at radius 2 is 1.81 bits per heavy atom. The highest BCUT2D eigenvalue weighted by molar-refractivity contribution is 4.81. The second-order valence-electron chi connectivity index (χ2n) is 5.37. The zero-order chi connectivity index (χ0) is 11.4. The van der Waals surface area contributed by atoms with Crippen LogP contribution < -0.4 is 10.6 Å². The fourth-order valence-electron chi connectivity index (χ4n) is 2.66. The minimum atomic E-state index is 0.487. The summed E-state index contributed by atoms with van der Waals surface area (Å²) in [5.41, 5.74) is 0. The Morgan fingerprint density at radius 3 is 2.56 bits per heavy atom. The molecule has 1 unspecified atom stereocenters.